The molecule has 0 amide bonds. The number of halogens is 7. The van der Waals surface area contributed by atoms with Crippen molar-refractivity contribution in [3.05, 3.63) is 26.6 Å². The normalized spacial score (nSPS) is 17.3. The van der Waals surface area contributed by atoms with Crippen LogP contribution < -0.4 is 5.32 Å². The Labute approximate surface area is 155 Å². The second-order valence-corrected chi connectivity index (χ2v) is 6.33. The van der Waals surface area contributed by atoms with E-state index in [-0.39, 0.29) is 53.7 Å². The Morgan fingerprint density at radius 1 is 1.14 bits per heavy atom. The van der Waals surface area contributed by atoms with Gasteiger partial charge in [-0.3, -0.25) is 4.90 Å². The van der Waals surface area contributed by atoms with Crippen LogP contribution in [0.2, 0.25) is 0 Å². The minimum atomic E-state index is -4.45. The summed E-state index contributed by atoms with van der Waals surface area (Å²) in [6.45, 7) is 1.58. The molecule has 2 rings (SSSR count). The minimum absolute atomic E-state index is 0. The summed E-state index contributed by atoms with van der Waals surface area (Å²) in [6.07, 6.45) is -4.45. The number of piperazine rings is 1. The lowest BCUT2D eigenvalue weighted by atomic mass is 10.0. The molecule has 1 heterocycles. The molecule has 0 aliphatic carbocycles. The summed E-state index contributed by atoms with van der Waals surface area (Å²) in [5, 5.41) is 13.0. The third-order valence-corrected chi connectivity index (χ3v) is 4.24. The average molecular weight is 491 g/mol. The summed E-state index contributed by atoms with van der Waals surface area (Å²) in [7, 11) is 0. The molecule has 2 N–H and O–H groups in total. The van der Waals surface area contributed by atoms with Gasteiger partial charge in [-0.1, -0.05) is 15.9 Å². The van der Waals surface area contributed by atoms with Crippen molar-refractivity contribution in [3.63, 3.8) is 0 Å². The van der Waals surface area contributed by atoms with E-state index in [0.29, 0.717) is 17.6 Å². The van der Waals surface area contributed by atoms with Gasteiger partial charge in [0, 0.05) is 36.2 Å². The van der Waals surface area contributed by atoms with Gasteiger partial charge in [-0.2, -0.15) is 13.2 Å². The van der Waals surface area contributed by atoms with Gasteiger partial charge in [0.25, 0.3) is 0 Å². The van der Waals surface area contributed by atoms with Crippen LogP contribution in [0.3, 0.4) is 0 Å². The van der Waals surface area contributed by atoms with E-state index in [2.05, 4.69) is 37.2 Å². The van der Waals surface area contributed by atoms with Crippen molar-refractivity contribution >= 4 is 56.7 Å². The van der Waals surface area contributed by atoms with E-state index in [1.165, 1.54) is 17.0 Å². The molecule has 1 atom stereocenters. The lowest BCUT2D eigenvalue weighted by Crippen LogP contribution is -2.49. The van der Waals surface area contributed by atoms with Crippen molar-refractivity contribution in [3.8, 4) is 5.75 Å². The molecule has 0 bridgehead atoms. The Morgan fingerprint density at radius 3 is 2.18 bits per heavy atom. The predicted octanol–water partition coefficient (Wildman–Crippen LogP) is 4.27. The van der Waals surface area contributed by atoms with E-state index >= 15 is 0 Å². The topological polar surface area (TPSA) is 35.5 Å². The standard InChI is InChI=1S/C12H13Br2F3N2O.2ClH/c13-7-5-8(10(20)9(14)6-7)11(12(15,16)17)19-3-1-18-2-4-19;;/h5-6,11,18,20H,1-4H2;2*1H/t11-;;/m0../s1. The molecule has 0 spiro atoms. The average Bonchev–Trinajstić information content (AvgIpc) is 2.35. The van der Waals surface area contributed by atoms with Crippen LogP contribution in [0.1, 0.15) is 11.6 Å². The Balaban J connectivity index is 0.00000220. The Hall–Kier alpha value is 0.270. The second kappa shape index (κ2) is 8.94. The zero-order valence-corrected chi connectivity index (χ0v) is 16.0. The molecule has 1 fully saturated rings. The Bertz CT molecular complexity index is 500. The third-order valence-electron chi connectivity index (χ3n) is 3.18. The highest BCUT2D eigenvalue weighted by molar-refractivity contribution is 9.11. The van der Waals surface area contributed by atoms with Crippen molar-refractivity contribution in [2.24, 2.45) is 0 Å². The highest BCUT2D eigenvalue weighted by atomic mass is 79.9. The molecule has 1 aromatic carbocycles. The highest BCUT2D eigenvalue weighted by Crippen LogP contribution is 2.44. The third kappa shape index (κ3) is 5.14. The number of nitrogens with one attached hydrogen (secondary N) is 1. The molecule has 1 aliphatic rings. The number of phenols is 1. The summed E-state index contributed by atoms with van der Waals surface area (Å²) in [4.78, 5) is 1.34. The molecule has 10 heteroatoms. The van der Waals surface area contributed by atoms with Crippen molar-refractivity contribution in [1.82, 2.24) is 10.2 Å². The SMILES string of the molecule is Cl.Cl.Oc1c(Br)cc(Br)cc1[C@H](N1CCNCC1)C(F)(F)F. The van der Waals surface area contributed by atoms with Gasteiger partial charge in [-0.15, -0.1) is 24.8 Å². The maximum absolute atomic E-state index is 13.4. The van der Waals surface area contributed by atoms with Crippen molar-refractivity contribution in [1.29, 1.82) is 0 Å². The Kier molecular flexibility index (Phi) is 9.05. The predicted molar refractivity (Wildman–Crippen MR) is 91.2 cm³/mol. The molecule has 0 radical (unpaired) electrons. The molecule has 0 unspecified atom stereocenters. The summed E-state index contributed by atoms with van der Waals surface area (Å²) >= 11 is 6.24. The van der Waals surface area contributed by atoms with E-state index in [0.717, 1.165) is 0 Å². The fraction of sp³-hybridized carbons (Fsp3) is 0.500. The second-order valence-electron chi connectivity index (χ2n) is 4.56. The van der Waals surface area contributed by atoms with Crippen LogP contribution in [0.15, 0.2) is 21.1 Å². The fourth-order valence-electron chi connectivity index (χ4n) is 2.31. The largest absolute Gasteiger partial charge is 0.506 e. The first-order valence-corrected chi connectivity index (χ1v) is 7.58. The number of hydrogen-bond donors (Lipinski definition) is 2. The van der Waals surface area contributed by atoms with Crippen LogP contribution in [0.4, 0.5) is 13.2 Å². The lowest BCUT2D eigenvalue weighted by molar-refractivity contribution is -0.188. The van der Waals surface area contributed by atoms with Crippen LogP contribution in [-0.2, 0) is 0 Å². The summed E-state index contributed by atoms with van der Waals surface area (Å²) < 4.78 is 41.0. The van der Waals surface area contributed by atoms with Crippen LogP contribution in [0.5, 0.6) is 5.75 Å². The molecule has 128 valence electrons. The molecular formula is C12H15Br2Cl2F3N2O. The van der Waals surface area contributed by atoms with E-state index < -0.39 is 12.2 Å². The number of nitrogens with zero attached hydrogens (tertiary/aromatic N) is 1. The quantitative estimate of drug-likeness (QED) is 0.650. The summed E-state index contributed by atoms with van der Waals surface area (Å²) in [5.41, 5.74) is -0.138. The highest BCUT2D eigenvalue weighted by Gasteiger charge is 2.46. The van der Waals surface area contributed by atoms with Gasteiger partial charge < -0.3 is 10.4 Å². The van der Waals surface area contributed by atoms with Gasteiger partial charge in [0.2, 0.25) is 0 Å². The summed E-state index contributed by atoms with van der Waals surface area (Å²) in [5.74, 6) is -0.367. The van der Waals surface area contributed by atoms with Crippen molar-refractivity contribution in [2.45, 2.75) is 12.2 Å². The number of rotatable bonds is 2. The maximum atomic E-state index is 13.4. The smallest absolute Gasteiger partial charge is 0.408 e. The zero-order valence-electron chi connectivity index (χ0n) is 11.2. The molecule has 1 aromatic rings. The van der Waals surface area contributed by atoms with Gasteiger partial charge in [0.15, 0.2) is 0 Å². The van der Waals surface area contributed by atoms with Crippen LogP contribution in [0.25, 0.3) is 0 Å². The first-order valence-electron chi connectivity index (χ1n) is 6.00. The monoisotopic (exact) mass is 488 g/mol. The lowest BCUT2D eigenvalue weighted by Gasteiger charge is -2.36. The van der Waals surface area contributed by atoms with E-state index in [1.54, 1.807) is 0 Å². The first-order chi connectivity index (χ1) is 9.30. The summed E-state index contributed by atoms with van der Waals surface area (Å²) in [6, 6.07) is 1.03. The molecule has 0 saturated carbocycles. The molecule has 1 saturated heterocycles. The first kappa shape index (κ1) is 22.3. The van der Waals surface area contributed by atoms with Crippen LogP contribution >= 0.6 is 56.7 Å². The maximum Gasteiger partial charge on any atom is 0.408 e. The van der Waals surface area contributed by atoms with Crippen molar-refractivity contribution < 1.29 is 18.3 Å². The zero-order chi connectivity index (χ0) is 14.9. The molecular weight excluding hydrogens is 476 g/mol. The van der Waals surface area contributed by atoms with Gasteiger partial charge >= 0.3 is 6.18 Å². The fourth-order valence-corrected chi connectivity index (χ4v) is 3.57. The van der Waals surface area contributed by atoms with Gasteiger partial charge in [0.05, 0.1) is 4.47 Å². The number of phenolic OH excluding ortho intramolecular Hbond substituents is 1. The van der Waals surface area contributed by atoms with Gasteiger partial charge in [-0.25, -0.2) is 0 Å². The van der Waals surface area contributed by atoms with E-state index in [1.807, 2.05) is 0 Å². The number of benzene rings is 1. The van der Waals surface area contributed by atoms with E-state index in [4.69, 9.17) is 0 Å². The van der Waals surface area contributed by atoms with Gasteiger partial charge in [-0.05, 0) is 28.1 Å². The molecule has 0 aromatic heterocycles. The number of aromatic hydroxyl groups is 1. The molecule has 22 heavy (non-hydrogen) atoms. The van der Waals surface area contributed by atoms with Gasteiger partial charge in [0.1, 0.15) is 11.8 Å². The molecule has 1 aliphatic heterocycles. The number of hydrogen-bond acceptors (Lipinski definition) is 3. The van der Waals surface area contributed by atoms with Crippen molar-refractivity contribution in [2.75, 3.05) is 26.2 Å². The van der Waals surface area contributed by atoms with Crippen LogP contribution in [0, 0.1) is 0 Å². The van der Waals surface area contributed by atoms with Crippen LogP contribution in [-0.4, -0.2) is 42.4 Å². The minimum Gasteiger partial charge on any atom is -0.506 e. The Morgan fingerprint density at radius 2 is 1.68 bits per heavy atom. The van der Waals surface area contributed by atoms with E-state index in [9.17, 15) is 18.3 Å². The number of alkyl halides is 3. The molecule has 3 nitrogen and oxygen atoms in total.